The number of alkyl halides is 6. The number of carbonyl (C=O) groups excluding carboxylic acids is 1. The van der Waals surface area contributed by atoms with Gasteiger partial charge in [0, 0.05) is 23.8 Å². The number of hydrogen-bond acceptors (Lipinski definition) is 4. The van der Waals surface area contributed by atoms with Gasteiger partial charge in [-0.15, -0.1) is 0 Å². The van der Waals surface area contributed by atoms with E-state index in [1.165, 1.54) is 12.3 Å². The highest BCUT2D eigenvalue weighted by molar-refractivity contribution is 5.99. The lowest BCUT2D eigenvalue weighted by Crippen LogP contribution is -2.21. The zero-order valence-corrected chi connectivity index (χ0v) is 18.7. The Morgan fingerprint density at radius 3 is 1.73 bits per heavy atom. The topological polar surface area (TPSA) is 78.9 Å². The molecule has 0 saturated heterocycles. The Labute approximate surface area is 206 Å². The first-order valence-electron chi connectivity index (χ1n) is 10.6. The minimum Gasteiger partial charge on any atom is -0.340 e. The third-order valence-corrected chi connectivity index (χ3v) is 4.99. The van der Waals surface area contributed by atoms with Crippen molar-refractivity contribution in [1.29, 1.82) is 0 Å². The molecule has 4 aromatic rings. The summed E-state index contributed by atoms with van der Waals surface area (Å²) in [7, 11) is 0. The van der Waals surface area contributed by atoms with E-state index in [1.807, 2.05) is 35.6 Å². The molecule has 4 rings (SSSR count). The summed E-state index contributed by atoms with van der Waals surface area (Å²) in [6, 6.07) is 15.7. The van der Waals surface area contributed by atoms with Gasteiger partial charge in [0.2, 0.25) is 0 Å². The summed E-state index contributed by atoms with van der Waals surface area (Å²) in [4.78, 5) is 20.6. The zero-order chi connectivity index (χ0) is 26.6. The molecule has 0 unspecified atom stereocenters. The smallest absolute Gasteiger partial charge is 0.340 e. The maximum Gasteiger partial charge on any atom is 0.416 e. The van der Waals surface area contributed by atoms with Gasteiger partial charge in [0.15, 0.2) is 0 Å². The highest BCUT2D eigenvalue weighted by Crippen LogP contribution is 2.37. The molecule has 3 N–H and O–H groups in total. The van der Waals surface area contributed by atoms with E-state index in [-0.39, 0.29) is 11.9 Å². The number of halogens is 6. The molecule has 0 saturated carbocycles. The zero-order valence-electron chi connectivity index (χ0n) is 18.7. The molecule has 0 radical (unpaired) electrons. The second-order valence-electron chi connectivity index (χ2n) is 7.72. The number of anilines is 4. The molecule has 0 aliphatic heterocycles. The largest absolute Gasteiger partial charge is 0.416 e. The Kier molecular flexibility index (Phi) is 7.00. The van der Waals surface area contributed by atoms with Crippen LogP contribution in [0.4, 0.5) is 54.1 Å². The lowest BCUT2D eigenvalue weighted by molar-refractivity contribution is -0.143. The number of amides is 2. The molecule has 0 fully saturated rings. The van der Waals surface area contributed by atoms with Gasteiger partial charge in [-0.05, 0) is 65.7 Å². The van der Waals surface area contributed by atoms with E-state index in [4.69, 9.17) is 0 Å². The Hall–Kier alpha value is -4.61. The lowest BCUT2D eigenvalue weighted by atomic mass is 10.1. The third-order valence-electron chi connectivity index (χ3n) is 4.99. The first-order valence-corrected chi connectivity index (χ1v) is 10.6. The second-order valence-corrected chi connectivity index (χ2v) is 7.72. The molecule has 6 nitrogen and oxygen atoms in total. The van der Waals surface area contributed by atoms with E-state index in [0.717, 1.165) is 5.69 Å². The Morgan fingerprint density at radius 1 is 0.622 bits per heavy atom. The molecule has 12 heteroatoms. The summed E-state index contributed by atoms with van der Waals surface area (Å²) >= 11 is 0. The number of nitrogens with zero attached hydrogens (tertiary/aromatic N) is 2. The molecular weight excluding hydrogens is 500 g/mol. The van der Waals surface area contributed by atoms with Crippen molar-refractivity contribution in [1.82, 2.24) is 9.97 Å². The molecule has 0 aliphatic rings. The van der Waals surface area contributed by atoms with Crippen LogP contribution in [0.1, 0.15) is 11.1 Å². The molecule has 2 aromatic heterocycles. The number of benzene rings is 2. The van der Waals surface area contributed by atoms with Crippen LogP contribution in [-0.2, 0) is 12.4 Å². The van der Waals surface area contributed by atoms with Gasteiger partial charge in [-0.25, -0.2) is 14.8 Å². The van der Waals surface area contributed by atoms with Gasteiger partial charge in [0.05, 0.1) is 11.1 Å². The molecule has 2 aromatic carbocycles. The Balaban J connectivity index is 1.51. The number of urea groups is 1. The van der Waals surface area contributed by atoms with Gasteiger partial charge in [-0.1, -0.05) is 18.2 Å². The maximum atomic E-state index is 13.1. The summed E-state index contributed by atoms with van der Waals surface area (Å²) in [6.07, 6.45) is -7.11. The molecule has 0 aliphatic carbocycles. The standard InChI is InChI=1S/C25H17F6N5O/c26-24(27,28)17-12-18(25(29,30)31)14-20(13-17)35-23(37)36-22-11-16(7-9-33-22)15-6-8-32-21(10-15)34-19-4-2-1-3-5-19/h1-14H,(H,32,34)(H2,33,35,36,37). The van der Waals surface area contributed by atoms with Crippen molar-refractivity contribution in [2.45, 2.75) is 12.4 Å². The second kappa shape index (κ2) is 10.2. The van der Waals surface area contributed by atoms with Crippen LogP contribution >= 0.6 is 0 Å². The molecule has 2 amide bonds. The number of aromatic nitrogens is 2. The predicted octanol–water partition coefficient (Wildman–Crippen LogP) is 7.57. The average Bonchev–Trinajstić information content (AvgIpc) is 2.84. The van der Waals surface area contributed by atoms with Gasteiger partial charge in [-0.3, -0.25) is 5.32 Å². The first kappa shape index (κ1) is 25.5. The first-order chi connectivity index (χ1) is 17.5. The number of para-hydroxylation sites is 1. The van der Waals surface area contributed by atoms with E-state index >= 15 is 0 Å². The number of hydrogen-bond donors (Lipinski definition) is 3. The van der Waals surface area contributed by atoms with Gasteiger partial charge in [0.1, 0.15) is 11.6 Å². The van der Waals surface area contributed by atoms with Crippen molar-refractivity contribution >= 4 is 29.0 Å². The Bertz CT molecular complexity index is 1370. The van der Waals surface area contributed by atoms with Crippen LogP contribution in [0, 0.1) is 0 Å². The molecular formula is C25H17F6N5O. The molecule has 0 bridgehead atoms. The fraction of sp³-hybridized carbons (Fsp3) is 0.0800. The van der Waals surface area contributed by atoms with E-state index in [1.54, 1.807) is 24.4 Å². The molecule has 0 atom stereocenters. The van der Waals surface area contributed by atoms with Crippen LogP contribution < -0.4 is 16.0 Å². The number of carbonyl (C=O) groups is 1. The quantitative estimate of drug-likeness (QED) is 0.239. The van der Waals surface area contributed by atoms with Crippen molar-refractivity contribution in [2.75, 3.05) is 16.0 Å². The minimum absolute atomic E-state index is 0.0207. The van der Waals surface area contributed by atoms with E-state index in [0.29, 0.717) is 29.1 Å². The fourth-order valence-electron chi connectivity index (χ4n) is 3.33. The van der Waals surface area contributed by atoms with E-state index < -0.39 is 35.2 Å². The lowest BCUT2D eigenvalue weighted by Gasteiger charge is -2.15. The fourth-order valence-corrected chi connectivity index (χ4v) is 3.33. The Morgan fingerprint density at radius 2 is 1.16 bits per heavy atom. The van der Waals surface area contributed by atoms with Crippen molar-refractivity contribution in [3.8, 4) is 11.1 Å². The van der Waals surface area contributed by atoms with Crippen LogP contribution in [0.3, 0.4) is 0 Å². The van der Waals surface area contributed by atoms with Crippen LogP contribution in [0.25, 0.3) is 11.1 Å². The molecule has 2 heterocycles. The summed E-state index contributed by atoms with van der Waals surface area (Å²) in [5.41, 5.74) is -1.61. The summed E-state index contributed by atoms with van der Waals surface area (Å²) < 4.78 is 78.4. The highest BCUT2D eigenvalue weighted by atomic mass is 19.4. The summed E-state index contributed by atoms with van der Waals surface area (Å²) in [5.74, 6) is 0.574. The van der Waals surface area contributed by atoms with Gasteiger partial charge in [0.25, 0.3) is 0 Å². The van der Waals surface area contributed by atoms with E-state index in [2.05, 4.69) is 20.6 Å². The summed E-state index contributed by atoms with van der Waals surface area (Å²) in [6.45, 7) is 0. The van der Waals surface area contributed by atoms with Gasteiger partial charge >= 0.3 is 18.4 Å². The van der Waals surface area contributed by atoms with E-state index in [9.17, 15) is 31.1 Å². The number of rotatable bonds is 5. The van der Waals surface area contributed by atoms with Crippen LogP contribution in [0.2, 0.25) is 0 Å². The SMILES string of the molecule is O=C(Nc1cc(C(F)(F)F)cc(C(F)(F)F)c1)Nc1cc(-c2ccnc(Nc3ccccc3)c2)ccn1. The van der Waals surface area contributed by atoms with Crippen LogP contribution in [-0.4, -0.2) is 16.0 Å². The van der Waals surface area contributed by atoms with Crippen molar-refractivity contribution in [3.05, 3.63) is 96.3 Å². The van der Waals surface area contributed by atoms with Crippen molar-refractivity contribution < 1.29 is 31.1 Å². The normalized spacial score (nSPS) is 11.6. The average molecular weight is 517 g/mol. The van der Waals surface area contributed by atoms with Gasteiger partial charge < -0.3 is 10.6 Å². The molecule has 190 valence electrons. The van der Waals surface area contributed by atoms with Crippen LogP contribution in [0.15, 0.2) is 85.2 Å². The van der Waals surface area contributed by atoms with Crippen molar-refractivity contribution in [2.24, 2.45) is 0 Å². The minimum atomic E-state index is -5.04. The van der Waals surface area contributed by atoms with Crippen molar-refractivity contribution in [3.63, 3.8) is 0 Å². The van der Waals surface area contributed by atoms with Gasteiger partial charge in [-0.2, -0.15) is 26.3 Å². The number of pyridine rings is 2. The maximum absolute atomic E-state index is 13.1. The number of nitrogens with one attached hydrogen (secondary N) is 3. The summed E-state index contributed by atoms with van der Waals surface area (Å²) in [5, 5.41) is 7.47. The molecule has 0 spiro atoms. The monoisotopic (exact) mass is 517 g/mol. The van der Waals surface area contributed by atoms with Crippen LogP contribution in [0.5, 0.6) is 0 Å². The third kappa shape index (κ3) is 6.75. The predicted molar refractivity (Wildman–Crippen MR) is 126 cm³/mol. The molecule has 37 heavy (non-hydrogen) atoms. The highest BCUT2D eigenvalue weighted by Gasteiger charge is 2.37.